The maximum absolute atomic E-state index is 9.45. The first-order valence-corrected chi connectivity index (χ1v) is 5.44. The second-order valence-corrected chi connectivity index (χ2v) is 5.12. The fourth-order valence-electron chi connectivity index (χ4n) is 2.16. The molecule has 0 heterocycles. The zero-order valence-electron chi connectivity index (χ0n) is 9.55. The van der Waals surface area contributed by atoms with Crippen LogP contribution in [0.3, 0.4) is 0 Å². The van der Waals surface area contributed by atoms with E-state index >= 15 is 0 Å². The first kappa shape index (κ1) is 12.0. The van der Waals surface area contributed by atoms with Gasteiger partial charge in [-0.3, -0.25) is 0 Å². The minimum Gasteiger partial charge on any atom is -0.389 e. The van der Waals surface area contributed by atoms with E-state index in [1.165, 1.54) is 19.3 Å². The zero-order valence-corrected chi connectivity index (χ0v) is 9.55. The highest BCUT2D eigenvalue weighted by Gasteiger charge is 2.30. The van der Waals surface area contributed by atoms with Gasteiger partial charge in [-0.25, -0.2) is 0 Å². The number of hydrogen-bond acceptors (Lipinski definition) is 3. The van der Waals surface area contributed by atoms with E-state index in [9.17, 15) is 5.11 Å². The minimum atomic E-state index is -0.372. The number of aliphatic hydroxyl groups excluding tert-OH is 1. The molecule has 0 spiro atoms. The fraction of sp³-hybridized carbons (Fsp3) is 1.00. The Morgan fingerprint density at radius 2 is 2.29 bits per heavy atom. The van der Waals surface area contributed by atoms with Gasteiger partial charge >= 0.3 is 0 Å². The van der Waals surface area contributed by atoms with Gasteiger partial charge in [-0.1, -0.05) is 13.8 Å². The Bertz CT molecular complexity index is 171. The molecule has 1 aliphatic rings. The lowest BCUT2D eigenvalue weighted by Gasteiger charge is -2.19. The molecular weight excluding hydrogens is 178 g/mol. The van der Waals surface area contributed by atoms with E-state index in [0.29, 0.717) is 24.6 Å². The van der Waals surface area contributed by atoms with Crippen LogP contribution in [0.25, 0.3) is 0 Å². The third-order valence-corrected chi connectivity index (χ3v) is 2.97. The summed E-state index contributed by atoms with van der Waals surface area (Å²) in [6, 6.07) is 0.580. The van der Waals surface area contributed by atoms with Crippen LogP contribution >= 0.6 is 0 Å². The van der Waals surface area contributed by atoms with Crippen molar-refractivity contribution in [2.45, 2.75) is 45.3 Å². The van der Waals surface area contributed by atoms with Crippen LogP contribution in [0.4, 0.5) is 0 Å². The molecular formula is C11H23NO2. The van der Waals surface area contributed by atoms with Crippen LogP contribution in [0, 0.1) is 5.41 Å². The third kappa shape index (κ3) is 3.95. The summed E-state index contributed by atoms with van der Waals surface area (Å²) in [6.45, 7) is 5.68. The maximum atomic E-state index is 9.45. The van der Waals surface area contributed by atoms with Crippen LogP contribution in [-0.4, -0.2) is 37.5 Å². The van der Waals surface area contributed by atoms with Crippen molar-refractivity contribution >= 4 is 0 Å². The highest BCUT2D eigenvalue weighted by Crippen LogP contribution is 2.36. The van der Waals surface area contributed by atoms with Gasteiger partial charge in [-0.15, -0.1) is 0 Å². The molecule has 2 N–H and O–H groups in total. The SMILES string of the molecule is COCC(O)CNC1CCC(C)(C)C1. The molecule has 0 radical (unpaired) electrons. The van der Waals surface area contributed by atoms with Gasteiger partial charge in [0.1, 0.15) is 0 Å². The second kappa shape index (κ2) is 5.10. The molecule has 14 heavy (non-hydrogen) atoms. The molecule has 1 fully saturated rings. The van der Waals surface area contributed by atoms with Gasteiger partial charge in [0.15, 0.2) is 0 Å². The first-order chi connectivity index (χ1) is 6.53. The molecule has 2 unspecified atom stereocenters. The number of ether oxygens (including phenoxy) is 1. The summed E-state index contributed by atoms with van der Waals surface area (Å²) in [5.41, 5.74) is 0.476. The molecule has 0 amide bonds. The van der Waals surface area contributed by atoms with E-state index in [2.05, 4.69) is 19.2 Å². The van der Waals surface area contributed by atoms with Gasteiger partial charge in [0.2, 0.25) is 0 Å². The average molecular weight is 201 g/mol. The molecule has 0 aliphatic heterocycles. The highest BCUT2D eigenvalue weighted by atomic mass is 16.5. The summed E-state index contributed by atoms with van der Waals surface area (Å²) >= 11 is 0. The summed E-state index contributed by atoms with van der Waals surface area (Å²) < 4.78 is 4.87. The largest absolute Gasteiger partial charge is 0.389 e. The van der Waals surface area contributed by atoms with E-state index in [0.717, 1.165) is 0 Å². The molecule has 0 aromatic heterocycles. The number of aliphatic hydroxyl groups is 1. The van der Waals surface area contributed by atoms with E-state index in [4.69, 9.17) is 4.74 Å². The van der Waals surface area contributed by atoms with Crippen LogP contribution in [0.15, 0.2) is 0 Å². The summed E-state index contributed by atoms with van der Waals surface area (Å²) in [6.07, 6.45) is 3.36. The summed E-state index contributed by atoms with van der Waals surface area (Å²) in [5.74, 6) is 0. The standard InChI is InChI=1S/C11H23NO2/c1-11(2)5-4-9(6-11)12-7-10(13)8-14-3/h9-10,12-13H,4-8H2,1-3H3. The van der Waals surface area contributed by atoms with E-state index in [1.54, 1.807) is 7.11 Å². The molecule has 0 aromatic carbocycles. The maximum Gasteiger partial charge on any atom is 0.0897 e. The number of hydrogen-bond donors (Lipinski definition) is 2. The summed E-state index contributed by atoms with van der Waals surface area (Å²) in [7, 11) is 1.61. The zero-order chi connectivity index (χ0) is 10.6. The quantitative estimate of drug-likeness (QED) is 0.701. The van der Waals surface area contributed by atoms with E-state index < -0.39 is 0 Å². The van der Waals surface area contributed by atoms with Crippen LogP contribution in [0.5, 0.6) is 0 Å². The Morgan fingerprint density at radius 1 is 1.57 bits per heavy atom. The highest BCUT2D eigenvalue weighted by molar-refractivity contribution is 4.86. The second-order valence-electron chi connectivity index (χ2n) is 5.12. The molecule has 1 rings (SSSR count). The van der Waals surface area contributed by atoms with Crippen molar-refractivity contribution in [1.82, 2.24) is 5.32 Å². The molecule has 84 valence electrons. The predicted octanol–water partition coefficient (Wildman–Crippen LogP) is 1.16. The van der Waals surface area contributed by atoms with Gasteiger partial charge in [-0.2, -0.15) is 0 Å². The lowest BCUT2D eigenvalue weighted by molar-refractivity contribution is 0.0626. The van der Waals surface area contributed by atoms with Gasteiger partial charge < -0.3 is 15.2 Å². The van der Waals surface area contributed by atoms with Crippen molar-refractivity contribution < 1.29 is 9.84 Å². The van der Waals surface area contributed by atoms with Gasteiger partial charge in [0.05, 0.1) is 12.7 Å². The molecule has 0 saturated heterocycles. The van der Waals surface area contributed by atoms with Crippen LogP contribution in [-0.2, 0) is 4.74 Å². The number of methoxy groups -OCH3 is 1. The third-order valence-electron chi connectivity index (χ3n) is 2.97. The lowest BCUT2D eigenvalue weighted by atomic mass is 9.92. The van der Waals surface area contributed by atoms with Crippen LogP contribution in [0.1, 0.15) is 33.1 Å². The Balaban J connectivity index is 2.14. The minimum absolute atomic E-state index is 0.372. The lowest BCUT2D eigenvalue weighted by Crippen LogP contribution is -2.36. The molecule has 3 nitrogen and oxygen atoms in total. The molecule has 2 atom stereocenters. The molecule has 0 aromatic rings. The fourth-order valence-corrected chi connectivity index (χ4v) is 2.16. The Morgan fingerprint density at radius 3 is 2.79 bits per heavy atom. The first-order valence-electron chi connectivity index (χ1n) is 5.44. The van der Waals surface area contributed by atoms with Gasteiger partial charge in [0.25, 0.3) is 0 Å². The van der Waals surface area contributed by atoms with Crippen molar-refractivity contribution in [3.05, 3.63) is 0 Å². The monoisotopic (exact) mass is 201 g/mol. The normalized spacial score (nSPS) is 27.9. The van der Waals surface area contributed by atoms with Gasteiger partial charge in [-0.05, 0) is 24.7 Å². The molecule has 0 bridgehead atoms. The molecule has 1 saturated carbocycles. The molecule has 3 heteroatoms. The Kier molecular flexibility index (Phi) is 4.35. The van der Waals surface area contributed by atoms with Crippen molar-refractivity contribution in [3.63, 3.8) is 0 Å². The van der Waals surface area contributed by atoms with E-state index in [1.807, 2.05) is 0 Å². The Labute approximate surface area is 86.8 Å². The van der Waals surface area contributed by atoms with E-state index in [-0.39, 0.29) is 6.10 Å². The smallest absolute Gasteiger partial charge is 0.0897 e. The van der Waals surface area contributed by atoms with Crippen LogP contribution in [0.2, 0.25) is 0 Å². The van der Waals surface area contributed by atoms with Crippen molar-refractivity contribution in [3.8, 4) is 0 Å². The average Bonchev–Trinajstić information content (AvgIpc) is 2.43. The topological polar surface area (TPSA) is 41.5 Å². The predicted molar refractivity (Wildman–Crippen MR) is 57.3 cm³/mol. The van der Waals surface area contributed by atoms with Crippen molar-refractivity contribution in [1.29, 1.82) is 0 Å². The van der Waals surface area contributed by atoms with Crippen molar-refractivity contribution in [2.24, 2.45) is 5.41 Å². The number of rotatable bonds is 5. The summed E-state index contributed by atoms with van der Waals surface area (Å²) in [4.78, 5) is 0. The van der Waals surface area contributed by atoms with Crippen LogP contribution < -0.4 is 5.32 Å². The van der Waals surface area contributed by atoms with Crippen molar-refractivity contribution in [2.75, 3.05) is 20.3 Å². The number of nitrogens with one attached hydrogen (secondary N) is 1. The summed E-state index contributed by atoms with van der Waals surface area (Å²) in [5, 5.41) is 12.8. The molecule has 1 aliphatic carbocycles. The Hall–Kier alpha value is -0.120. The van der Waals surface area contributed by atoms with Gasteiger partial charge in [0, 0.05) is 19.7 Å².